The second-order valence-corrected chi connectivity index (χ2v) is 4.83. The minimum Gasteiger partial charge on any atom is -0.325 e. The van der Waals surface area contributed by atoms with Gasteiger partial charge in [0.25, 0.3) is 0 Å². The molecule has 1 amide bonds. The summed E-state index contributed by atoms with van der Waals surface area (Å²) in [4.78, 5) is 13.7. The first kappa shape index (κ1) is 13.6. The topological polar surface area (TPSA) is 20.3 Å². The van der Waals surface area contributed by atoms with Gasteiger partial charge in [0.05, 0.1) is 6.42 Å². The second kappa shape index (κ2) is 6.39. The normalized spacial score (nSPS) is 11.9. The Balaban J connectivity index is 2.03. The number of hydrogen-bond donors (Lipinski definition) is 0. The molecule has 0 radical (unpaired) electrons. The minimum absolute atomic E-state index is 0.00931. The molecule has 1 unspecified atom stereocenters. The summed E-state index contributed by atoms with van der Waals surface area (Å²) in [5.41, 5.74) is 1.49. The van der Waals surface area contributed by atoms with Gasteiger partial charge in [-0.05, 0) is 11.1 Å². The van der Waals surface area contributed by atoms with Gasteiger partial charge in [-0.2, -0.15) is 0 Å². The highest BCUT2D eigenvalue weighted by Gasteiger charge is 2.18. The number of hydrogen-bond acceptors (Lipinski definition) is 1. The van der Waals surface area contributed by atoms with E-state index < -0.39 is 5.50 Å². The SMILES string of the molecule is CN(C(=O)Cc1ccccc1)C(Cl)c1ccccc1. The number of carbonyl (C=O) groups is 1. The van der Waals surface area contributed by atoms with E-state index in [9.17, 15) is 4.79 Å². The molecule has 0 saturated carbocycles. The maximum Gasteiger partial charge on any atom is 0.228 e. The highest BCUT2D eigenvalue weighted by atomic mass is 35.5. The van der Waals surface area contributed by atoms with Crippen LogP contribution in [0, 0.1) is 0 Å². The Morgan fingerprint density at radius 2 is 1.58 bits per heavy atom. The predicted octanol–water partition coefficient (Wildman–Crippen LogP) is 3.63. The lowest BCUT2D eigenvalue weighted by Crippen LogP contribution is -2.29. The largest absolute Gasteiger partial charge is 0.325 e. The summed E-state index contributed by atoms with van der Waals surface area (Å²) in [5, 5.41) is 0. The highest BCUT2D eigenvalue weighted by molar-refractivity contribution is 6.21. The maximum absolute atomic E-state index is 12.2. The van der Waals surface area contributed by atoms with Crippen LogP contribution in [-0.2, 0) is 11.2 Å². The Labute approximate surface area is 118 Å². The Hall–Kier alpha value is -1.80. The van der Waals surface area contributed by atoms with Gasteiger partial charge in [-0.3, -0.25) is 4.79 Å². The van der Waals surface area contributed by atoms with E-state index >= 15 is 0 Å². The van der Waals surface area contributed by atoms with Crippen molar-refractivity contribution in [1.82, 2.24) is 4.90 Å². The number of benzene rings is 2. The van der Waals surface area contributed by atoms with Crippen LogP contribution in [0.15, 0.2) is 60.7 Å². The Morgan fingerprint density at radius 3 is 2.16 bits per heavy atom. The van der Waals surface area contributed by atoms with E-state index in [-0.39, 0.29) is 5.91 Å². The summed E-state index contributed by atoms with van der Waals surface area (Å²) in [7, 11) is 1.73. The van der Waals surface area contributed by atoms with Crippen molar-refractivity contribution >= 4 is 17.5 Å². The second-order valence-electron chi connectivity index (χ2n) is 4.41. The first-order valence-corrected chi connectivity index (χ1v) is 6.60. The third-order valence-corrected chi connectivity index (χ3v) is 3.55. The third-order valence-electron chi connectivity index (χ3n) is 3.01. The van der Waals surface area contributed by atoms with E-state index in [1.165, 1.54) is 0 Å². The van der Waals surface area contributed by atoms with Crippen LogP contribution >= 0.6 is 11.6 Å². The lowest BCUT2D eigenvalue weighted by molar-refractivity contribution is -0.130. The minimum atomic E-state index is -0.433. The molecule has 2 rings (SSSR count). The average Bonchev–Trinajstić information content (AvgIpc) is 2.47. The molecule has 98 valence electrons. The van der Waals surface area contributed by atoms with Crippen LogP contribution in [0.2, 0.25) is 0 Å². The molecule has 0 heterocycles. The summed E-state index contributed by atoms with van der Waals surface area (Å²) in [6.45, 7) is 0. The fraction of sp³-hybridized carbons (Fsp3) is 0.188. The Bertz CT molecular complexity index is 527. The lowest BCUT2D eigenvalue weighted by Gasteiger charge is -2.23. The van der Waals surface area contributed by atoms with Crippen molar-refractivity contribution < 1.29 is 4.79 Å². The van der Waals surface area contributed by atoms with Crippen LogP contribution < -0.4 is 0 Å². The molecule has 1 atom stereocenters. The molecule has 2 nitrogen and oxygen atoms in total. The molecule has 0 saturated heterocycles. The first-order valence-electron chi connectivity index (χ1n) is 6.17. The van der Waals surface area contributed by atoms with Crippen LogP contribution in [0.1, 0.15) is 16.6 Å². The number of likely N-dealkylation sites (N-methyl/N-ethyl adjacent to an activating group) is 1. The monoisotopic (exact) mass is 273 g/mol. The van der Waals surface area contributed by atoms with Crippen molar-refractivity contribution in [2.75, 3.05) is 7.05 Å². The van der Waals surface area contributed by atoms with Gasteiger partial charge in [-0.25, -0.2) is 0 Å². The molecule has 2 aromatic carbocycles. The van der Waals surface area contributed by atoms with E-state index in [1.807, 2.05) is 60.7 Å². The fourth-order valence-electron chi connectivity index (χ4n) is 1.86. The maximum atomic E-state index is 12.2. The van der Waals surface area contributed by atoms with Crippen molar-refractivity contribution in [3.63, 3.8) is 0 Å². The summed E-state index contributed by atoms with van der Waals surface area (Å²) >= 11 is 6.32. The Kier molecular flexibility index (Phi) is 4.58. The van der Waals surface area contributed by atoms with E-state index in [4.69, 9.17) is 11.6 Å². The number of amides is 1. The van der Waals surface area contributed by atoms with Gasteiger partial charge in [0, 0.05) is 7.05 Å². The fourth-order valence-corrected chi connectivity index (χ4v) is 2.11. The van der Waals surface area contributed by atoms with Gasteiger partial charge < -0.3 is 4.90 Å². The zero-order chi connectivity index (χ0) is 13.7. The number of halogens is 1. The number of nitrogens with zero attached hydrogens (tertiary/aromatic N) is 1. The molecular weight excluding hydrogens is 258 g/mol. The zero-order valence-corrected chi connectivity index (χ0v) is 11.5. The zero-order valence-electron chi connectivity index (χ0n) is 10.8. The smallest absolute Gasteiger partial charge is 0.228 e. The van der Waals surface area contributed by atoms with Gasteiger partial charge in [-0.1, -0.05) is 72.3 Å². The summed E-state index contributed by atoms with van der Waals surface area (Å²) < 4.78 is 0. The van der Waals surface area contributed by atoms with E-state index in [2.05, 4.69) is 0 Å². The van der Waals surface area contributed by atoms with Crippen LogP contribution in [0.25, 0.3) is 0 Å². The van der Waals surface area contributed by atoms with Gasteiger partial charge in [0.2, 0.25) is 5.91 Å². The average molecular weight is 274 g/mol. The third kappa shape index (κ3) is 3.58. The van der Waals surface area contributed by atoms with E-state index in [1.54, 1.807) is 11.9 Å². The summed E-state index contributed by atoms with van der Waals surface area (Å²) in [5.74, 6) is 0.00931. The summed E-state index contributed by atoms with van der Waals surface area (Å²) in [6, 6.07) is 19.3. The van der Waals surface area contributed by atoms with Gasteiger partial charge >= 0.3 is 0 Å². The highest BCUT2D eigenvalue weighted by Crippen LogP contribution is 2.23. The molecule has 0 aromatic heterocycles. The number of alkyl halides is 1. The molecule has 0 N–H and O–H groups in total. The standard InChI is InChI=1S/C16H16ClNO/c1-18(16(17)14-10-6-3-7-11-14)15(19)12-13-8-4-2-5-9-13/h2-11,16H,12H2,1H3. The lowest BCUT2D eigenvalue weighted by atomic mass is 10.1. The van der Waals surface area contributed by atoms with Gasteiger partial charge in [0.15, 0.2) is 0 Å². The molecule has 0 spiro atoms. The van der Waals surface area contributed by atoms with Gasteiger partial charge in [-0.15, -0.1) is 0 Å². The van der Waals surface area contributed by atoms with Crippen LogP contribution in [0.5, 0.6) is 0 Å². The van der Waals surface area contributed by atoms with Crippen molar-refractivity contribution in [3.05, 3.63) is 71.8 Å². The predicted molar refractivity (Wildman–Crippen MR) is 78.0 cm³/mol. The molecule has 2 aromatic rings. The van der Waals surface area contributed by atoms with E-state index in [0.29, 0.717) is 6.42 Å². The molecule has 0 aliphatic heterocycles. The van der Waals surface area contributed by atoms with Crippen molar-refractivity contribution in [1.29, 1.82) is 0 Å². The van der Waals surface area contributed by atoms with Crippen LogP contribution in [0.3, 0.4) is 0 Å². The molecule has 0 bridgehead atoms. The molecule has 3 heteroatoms. The Morgan fingerprint density at radius 1 is 1.05 bits per heavy atom. The first-order chi connectivity index (χ1) is 9.18. The quantitative estimate of drug-likeness (QED) is 0.615. The van der Waals surface area contributed by atoms with Crippen LogP contribution in [0.4, 0.5) is 0 Å². The molecular formula is C16H16ClNO. The number of rotatable bonds is 4. The van der Waals surface area contributed by atoms with Gasteiger partial charge in [0.1, 0.15) is 5.50 Å². The van der Waals surface area contributed by atoms with Crippen molar-refractivity contribution in [2.45, 2.75) is 11.9 Å². The van der Waals surface area contributed by atoms with E-state index in [0.717, 1.165) is 11.1 Å². The van der Waals surface area contributed by atoms with Crippen molar-refractivity contribution in [3.8, 4) is 0 Å². The van der Waals surface area contributed by atoms with Crippen molar-refractivity contribution in [2.24, 2.45) is 0 Å². The molecule has 0 aliphatic carbocycles. The molecule has 19 heavy (non-hydrogen) atoms. The molecule has 0 fully saturated rings. The van der Waals surface area contributed by atoms with Crippen LogP contribution in [-0.4, -0.2) is 17.9 Å². The number of carbonyl (C=O) groups excluding carboxylic acids is 1. The summed E-state index contributed by atoms with van der Waals surface area (Å²) in [6.07, 6.45) is 0.368. The molecule has 0 aliphatic rings.